The van der Waals surface area contributed by atoms with E-state index in [1.165, 1.54) is 12.8 Å². The number of rotatable bonds is 4. The van der Waals surface area contributed by atoms with E-state index in [0.717, 1.165) is 38.9 Å². The van der Waals surface area contributed by atoms with Crippen LogP contribution in [0.15, 0.2) is 0 Å². The molecule has 3 unspecified atom stereocenters. The SMILES string of the molecule is CCOC(=O)C1CCCC(NC2CCCOC2)C1. The van der Waals surface area contributed by atoms with Gasteiger partial charge in [-0.2, -0.15) is 0 Å². The molecule has 4 nitrogen and oxygen atoms in total. The van der Waals surface area contributed by atoms with Crippen molar-refractivity contribution >= 4 is 5.97 Å². The summed E-state index contributed by atoms with van der Waals surface area (Å²) in [5.74, 6) is 0.0876. The maximum absolute atomic E-state index is 11.8. The molecular weight excluding hydrogens is 230 g/mol. The fourth-order valence-electron chi connectivity index (χ4n) is 3.02. The minimum absolute atomic E-state index is 0.0103. The number of carbonyl (C=O) groups is 1. The van der Waals surface area contributed by atoms with Crippen LogP contribution >= 0.6 is 0 Å². The van der Waals surface area contributed by atoms with Crippen molar-refractivity contribution in [1.82, 2.24) is 5.32 Å². The van der Waals surface area contributed by atoms with E-state index in [2.05, 4.69) is 5.32 Å². The molecule has 1 saturated carbocycles. The lowest BCUT2D eigenvalue weighted by Gasteiger charge is -2.33. The van der Waals surface area contributed by atoms with Gasteiger partial charge in [-0.15, -0.1) is 0 Å². The van der Waals surface area contributed by atoms with Crippen LogP contribution in [-0.2, 0) is 14.3 Å². The topological polar surface area (TPSA) is 47.6 Å². The molecule has 0 aromatic rings. The summed E-state index contributed by atoms with van der Waals surface area (Å²) in [4.78, 5) is 11.8. The summed E-state index contributed by atoms with van der Waals surface area (Å²) in [6.45, 7) is 4.08. The highest BCUT2D eigenvalue weighted by Gasteiger charge is 2.29. The molecule has 2 fully saturated rings. The van der Waals surface area contributed by atoms with Crippen LogP contribution in [0.2, 0.25) is 0 Å². The molecule has 0 amide bonds. The summed E-state index contributed by atoms with van der Waals surface area (Å²) in [5, 5.41) is 3.65. The van der Waals surface area contributed by atoms with Crippen LogP contribution in [0.3, 0.4) is 0 Å². The molecule has 104 valence electrons. The Bertz CT molecular complexity index is 264. The Kier molecular flexibility index (Phi) is 5.45. The monoisotopic (exact) mass is 255 g/mol. The first kappa shape index (κ1) is 13.8. The normalized spacial score (nSPS) is 33.1. The van der Waals surface area contributed by atoms with Gasteiger partial charge in [0.05, 0.1) is 19.1 Å². The van der Waals surface area contributed by atoms with Gasteiger partial charge in [0.2, 0.25) is 0 Å². The van der Waals surface area contributed by atoms with Crippen molar-refractivity contribution in [3.8, 4) is 0 Å². The Hall–Kier alpha value is -0.610. The van der Waals surface area contributed by atoms with E-state index in [0.29, 0.717) is 18.7 Å². The zero-order valence-electron chi connectivity index (χ0n) is 11.3. The van der Waals surface area contributed by atoms with Crippen LogP contribution in [-0.4, -0.2) is 37.9 Å². The van der Waals surface area contributed by atoms with Crippen molar-refractivity contribution in [2.45, 2.75) is 57.5 Å². The van der Waals surface area contributed by atoms with Crippen LogP contribution in [0.1, 0.15) is 45.4 Å². The minimum atomic E-state index is -0.0103. The van der Waals surface area contributed by atoms with Gasteiger partial charge in [-0.1, -0.05) is 6.42 Å². The number of hydrogen-bond donors (Lipinski definition) is 1. The van der Waals surface area contributed by atoms with Crippen molar-refractivity contribution < 1.29 is 14.3 Å². The van der Waals surface area contributed by atoms with Gasteiger partial charge in [0.15, 0.2) is 0 Å². The lowest BCUT2D eigenvalue weighted by molar-refractivity contribution is -0.149. The fraction of sp³-hybridized carbons (Fsp3) is 0.929. The first-order chi connectivity index (χ1) is 8.79. The third-order valence-electron chi connectivity index (χ3n) is 3.93. The molecule has 1 aliphatic carbocycles. The molecule has 1 N–H and O–H groups in total. The Morgan fingerprint density at radius 2 is 2.11 bits per heavy atom. The van der Waals surface area contributed by atoms with E-state index < -0.39 is 0 Å². The van der Waals surface area contributed by atoms with Crippen molar-refractivity contribution in [2.24, 2.45) is 5.92 Å². The van der Waals surface area contributed by atoms with Crippen LogP contribution in [0.4, 0.5) is 0 Å². The van der Waals surface area contributed by atoms with E-state index in [-0.39, 0.29) is 11.9 Å². The summed E-state index contributed by atoms with van der Waals surface area (Å²) < 4.78 is 10.6. The molecule has 0 aromatic carbocycles. The van der Waals surface area contributed by atoms with Gasteiger partial charge in [0.25, 0.3) is 0 Å². The molecule has 2 aliphatic rings. The van der Waals surface area contributed by atoms with Gasteiger partial charge < -0.3 is 14.8 Å². The van der Waals surface area contributed by atoms with Gasteiger partial charge >= 0.3 is 5.97 Å². The highest BCUT2D eigenvalue weighted by molar-refractivity contribution is 5.72. The Labute approximate surface area is 109 Å². The number of nitrogens with one attached hydrogen (secondary N) is 1. The molecule has 0 bridgehead atoms. The Morgan fingerprint density at radius 1 is 1.28 bits per heavy atom. The van der Waals surface area contributed by atoms with Crippen molar-refractivity contribution in [3.05, 3.63) is 0 Å². The highest BCUT2D eigenvalue weighted by Crippen LogP contribution is 2.26. The number of ether oxygens (including phenoxy) is 2. The first-order valence-electron chi connectivity index (χ1n) is 7.30. The molecule has 1 heterocycles. The first-order valence-corrected chi connectivity index (χ1v) is 7.30. The third-order valence-corrected chi connectivity index (χ3v) is 3.93. The lowest BCUT2D eigenvalue weighted by atomic mass is 9.85. The molecule has 0 aromatic heterocycles. The lowest BCUT2D eigenvalue weighted by Crippen LogP contribution is -2.45. The van der Waals surface area contributed by atoms with E-state index in [1.54, 1.807) is 0 Å². The molecule has 1 saturated heterocycles. The quantitative estimate of drug-likeness (QED) is 0.779. The van der Waals surface area contributed by atoms with Gasteiger partial charge in [0, 0.05) is 18.7 Å². The second kappa shape index (κ2) is 7.10. The number of carbonyl (C=O) groups excluding carboxylic acids is 1. The van der Waals surface area contributed by atoms with Gasteiger partial charge in [-0.3, -0.25) is 4.79 Å². The average Bonchev–Trinajstić information content (AvgIpc) is 2.40. The van der Waals surface area contributed by atoms with Crippen molar-refractivity contribution in [2.75, 3.05) is 19.8 Å². The standard InChI is InChI=1S/C14H25NO3/c1-2-18-14(16)11-5-3-6-12(9-11)15-13-7-4-8-17-10-13/h11-13,15H,2-10H2,1H3. The second-order valence-electron chi connectivity index (χ2n) is 5.39. The number of hydrogen-bond acceptors (Lipinski definition) is 4. The Balaban J connectivity index is 1.77. The molecule has 1 aliphatic heterocycles. The predicted octanol–water partition coefficient (Wildman–Crippen LogP) is 1.88. The van der Waals surface area contributed by atoms with Crippen LogP contribution in [0.25, 0.3) is 0 Å². The number of esters is 1. The summed E-state index contributed by atoms with van der Waals surface area (Å²) in [7, 11) is 0. The zero-order chi connectivity index (χ0) is 12.8. The average molecular weight is 255 g/mol. The summed E-state index contributed by atoms with van der Waals surface area (Å²) in [6, 6.07) is 0.935. The van der Waals surface area contributed by atoms with Crippen LogP contribution < -0.4 is 5.32 Å². The molecular formula is C14H25NO3. The summed E-state index contributed by atoms with van der Waals surface area (Å²) >= 11 is 0. The van der Waals surface area contributed by atoms with E-state index in [4.69, 9.17) is 9.47 Å². The fourth-order valence-corrected chi connectivity index (χ4v) is 3.02. The van der Waals surface area contributed by atoms with Gasteiger partial charge in [-0.25, -0.2) is 0 Å². The maximum Gasteiger partial charge on any atom is 0.308 e. The second-order valence-corrected chi connectivity index (χ2v) is 5.39. The largest absolute Gasteiger partial charge is 0.466 e. The molecule has 3 atom stereocenters. The van der Waals surface area contributed by atoms with Crippen molar-refractivity contribution in [3.63, 3.8) is 0 Å². The zero-order valence-corrected chi connectivity index (χ0v) is 11.3. The maximum atomic E-state index is 11.8. The molecule has 0 spiro atoms. The van der Waals surface area contributed by atoms with Crippen LogP contribution in [0.5, 0.6) is 0 Å². The third kappa shape index (κ3) is 3.95. The minimum Gasteiger partial charge on any atom is -0.466 e. The Morgan fingerprint density at radius 3 is 2.83 bits per heavy atom. The molecule has 18 heavy (non-hydrogen) atoms. The van der Waals surface area contributed by atoms with Gasteiger partial charge in [-0.05, 0) is 39.0 Å². The van der Waals surface area contributed by atoms with Crippen LogP contribution in [0, 0.1) is 5.92 Å². The molecule has 2 rings (SSSR count). The molecule has 0 radical (unpaired) electrons. The van der Waals surface area contributed by atoms with Crippen molar-refractivity contribution in [1.29, 1.82) is 0 Å². The van der Waals surface area contributed by atoms with E-state index >= 15 is 0 Å². The smallest absolute Gasteiger partial charge is 0.308 e. The van der Waals surface area contributed by atoms with E-state index in [1.807, 2.05) is 6.92 Å². The highest BCUT2D eigenvalue weighted by atomic mass is 16.5. The van der Waals surface area contributed by atoms with E-state index in [9.17, 15) is 4.79 Å². The summed E-state index contributed by atoms with van der Waals surface area (Å²) in [5.41, 5.74) is 0. The molecule has 4 heteroatoms. The summed E-state index contributed by atoms with van der Waals surface area (Å²) in [6.07, 6.45) is 6.54. The van der Waals surface area contributed by atoms with Gasteiger partial charge in [0.1, 0.15) is 0 Å². The predicted molar refractivity (Wildman–Crippen MR) is 69.4 cm³/mol.